The minimum atomic E-state index is -0.0143. The monoisotopic (exact) mass is 197 g/mol. The zero-order chi connectivity index (χ0) is 9.97. The molecular formula is C11H19NO2. The quantitative estimate of drug-likeness (QED) is 0.627. The van der Waals surface area contributed by atoms with E-state index in [9.17, 15) is 4.79 Å². The van der Waals surface area contributed by atoms with Crippen molar-refractivity contribution in [1.29, 1.82) is 0 Å². The predicted octanol–water partition coefficient (Wildman–Crippen LogP) is 1.42. The Morgan fingerprint density at radius 1 is 1.36 bits per heavy atom. The van der Waals surface area contributed by atoms with Crippen LogP contribution in [0.25, 0.3) is 0 Å². The van der Waals surface area contributed by atoms with Crippen molar-refractivity contribution in [1.82, 2.24) is 4.90 Å². The van der Waals surface area contributed by atoms with Crippen molar-refractivity contribution < 1.29 is 9.53 Å². The maximum Gasteiger partial charge on any atom is 0.306 e. The average molecular weight is 197 g/mol. The second kappa shape index (κ2) is 4.30. The molecule has 0 radical (unpaired) electrons. The van der Waals surface area contributed by atoms with Gasteiger partial charge in [-0.1, -0.05) is 13.3 Å². The zero-order valence-corrected chi connectivity index (χ0v) is 8.87. The van der Waals surface area contributed by atoms with Crippen molar-refractivity contribution in [3.8, 4) is 0 Å². The van der Waals surface area contributed by atoms with E-state index in [0.717, 1.165) is 6.54 Å². The molecule has 2 rings (SSSR count). The molecule has 0 N–H and O–H groups in total. The van der Waals surface area contributed by atoms with E-state index in [4.69, 9.17) is 4.74 Å². The van der Waals surface area contributed by atoms with Gasteiger partial charge in [-0.3, -0.25) is 9.69 Å². The van der Waals surface area contributed by atoms with Crippen molar-refractivity contribution in [2.24, 2.45) is 5.92 Å². The summed E-state index contributed by atoms with van der Waals surface area (Å²) < 4.78 is 5.30. The Morgan fingerprint density at radius 3 is 2.64 bits per heavy atom. The number of likely N-dealkylation sites (tertiary alicyclic amines) is 1. The highest BCUT2D eigenvalue weighted by Gasteiger charge is 2.32. The van der Waals surface area contributed by atoms with Crippen LogP contribution in [0.3, 0.4) is 0 Å². The summed E-state index contributed by atoms with van der Waals surface area (Å²) in [6, 6.07) is 0. The SMILES string of the molecule is CC1CC(=O)OC1CN1CCCCC1. The second-order valence-electron chi connectivity index (χ2n) is 4.57. The lowest BCUT2D eigenvalue weighted by atomic mass is 10.0. The molecule has 0 saturated carbocycles. The molecule has 0 spiro atoms. The van der Waals surface area contributed by atoms with E-state index in [-0.39, 0.29) is 12.1 Å². The van der Waals surface area contributed by atoms with Crippen molar-refractivity contribution in [3.63, 3.8) is 0 Å². The van der Waals surface area contributed by atoms with Crippen LogP contribution in [0.5, 0.6) is 0 Å². The van der Waals surface area contributed by atoms with E-state index >= 15 is 0 Å². The summed E-state index contributed by atoms with van der Waals surface area (Å²) in [5.41, 5.74) is 0. The Labute approximate surface area is 85.4 Å². The highest BCUT2D eigenvalue weighted by molar-refractivity contribution is 5.72. The molecule has 0 aromatic rings. The minimum Gasteiger partial charge on any atom is -0.461 e. The van der Waals surface area contributed by atoms with Gasteiger partial charge in [-0.25, -0.2) is 0 Å². The molecule has 0 bridgehead atoms. The number of rotatable bonds is 2. The lowest BCUT2D eigenvalue weighted by Gasteiger charge is -2.29. The minimum absolute atomic E-state index is 0.0143. The molecule has 2 fully saturated rings. The number of piperidine rings is 1. The number of esters is 1. The van der Waals surface area contributed by atoms with Gasteiger partial charge in [-0.2, -0.15) is 0 Å². The second-order valence-corrected chi connectivity index (χ2v) is 4.57. The largest absolute Gasteiger partial charge is 0.461 e. The first kappa shape index (κ1) is 9.97. The van der Waals surface area contributed by atoms with Gasteiger partial charge in [0.25, 0.3) is 0 Å². The highest BCUT2D eigenvalue weighted by atomic mass is 16.6. The van der Waals surface area contributed by atoms with Crippen LogP contribution in [0.2, 0.25) is 0 Å². The Bertz CT molecular complexity index is 211. The van der Waals surface area contributed by atoms with Gasteiger partial charge in [0.1, 0.15) is 6.10 Å². The summed E-state index contributed by atoms with van der Waals surface area (Å²) in [6.45, 7) is 5.42. The van der Waals surface area contributed by atoms with Crippen molar-refractivity contribution >= 4 is 5.97 Å². The van der Waals surface area contributed by atoms with Gasteiger partial charge in [0.2, 0.25) is 0 Å². The molecule has 0 aromatic carbocycles. The number of cyclic esters (lactones) is 1. The molecule has 2 aliphatic heterocycles. The van der Waals surface area contributed by atoms with Crippen LogP contribution >= 0.6 is 0 Å². The fourth-order valence-electron chi connectivity index (χ4n) is 2.34. The predicted molar refractivity (Wildman–Crippen MR) is 54.0 cm³/mol. The van der Waals surface area contributed by atoms with Gasteiger partial charge in [0, 0.05) is 12.5 Å². The number of ether oxygens (including phenoxy) is 1. The van der Waals surface area contributed by atoms with Gasteiger partial charge in [0.15, 0.2) is 0 Å². The first-order chi connectivity index (χ1) is 6.75. The summed E-state index contributed by atoms with van der Waals surface area (Å²) >= 11 is 0. The van der Waals surface area contributed by atoms with Crippen LogP contribution in [-0.4, -0.2) is 36.6 Å². The van der Waals surface area contributed by atoms with Crippen molar-refractivity contribution in [2.75, 3.05) is 19.6 Å². The van der Waals surface area contributed by atoms with Crippen molar-refractivity contribution in [3.05, 3.63) is 0 Å². The molecule has 2 atom stereocenters. The van der Waals surface area contributed by atoms with Crippen LogP contribution in [-0.2, 0) is 9.53 Å². The fourth-order valence-corrected chi connectivity index (χ4v) is 2.34. The molecule has 0 aliphatic carbocycles. The average Bonchev–Trinajstić information content (AvgIpc) is 2.47. The summed E-state index contributed by atoms with van der Waals surface area (Å²) in [5, 5.41) is 0. The molecule has 2 aliphatic rings. The Kier molecular flexibility index (Phi) is 3.06. The standard InChI is InChI=1S/C11H19NO2/c1-9-7-11(13)14-10(9)8-12-5-3-2-4-6-12/h9-10H,2-8H2,1H3. The van der Waals surface area contributed by atoms with Gasteiger partial charge >= 0.3 is 5.97 Å². The van der Waals surface area contributed by atoms with Gasteiger partial charge in [-0.05, 0) is 25.9 Å². The molecule has 14 heavy (non-hydrogen) atoms. The number of nitrogens with zero attached hydrogens (tertiary/aromatic N) is 1. The molecule has 80 valence electrons. The third kappa shape index (κ3) is 2.27. The van der Waals surface area contributed by atoms with E-state index in [1.807, 2.05) is 0 Å². The first-order valence-electron chi connectivity index (χ1n) is 5.67. The third-order valence-corrected chi connectivity index (χ3v) is 3.29. The lowest BCUT2D eigenvalue weighted by Crippen LogP contribution is -2.38. The Balaban J connectivity index is 1.81. The Morgan fingerprint density at radius 2 is 2.07 bits per heavy atom. The summed E-state index contributed by atoms with van der Waals surface area (Å²) in [7, 11) is 0. The van der Waals surface area contributed by atoms with Crippen LogP contribution < -0.4 is 0 Å². The highest BCUT2D eigenvalue weighted by Crippen LogP contribution is 2.23. The normalized spacial score (nSPS) is 34.5. The number of carbonyl (C=O) groups is 1. The van der Waals surface area contributed by atoms with E-state index in [1.165, 1.54) is 32.4 Å². The van der Waals surface area contributed by atoms with Crippen molar-refractivity contribution in [2.45, 2.75) is 38.7 Å². The molecular weight excluding hydrogens is 178 g/mol. The van der Waals surface area contributed by atoms with E-state index < -0.39 is 0 Å². The van der Waals surface area contributed by atoms with Crippen LogP contribution in [0.15, 0.2) is 0 Å². The van der Waals surface area contributed by atoms with E-state index in [2.05, 4.69) is 11.8 Å². The summed E-state index contributed by atoms with van der Waals surface area (Å²) in [5.74, 6) is 0.393. The molecule has 2 unspecified atom stereocenters. The molecule has 2 saturated heterocycles. The number of carbonyl (C=O) groups excluding carboxylic acids is 1. The van der Waals surface area contributed by atoms with E-state index in [0.29, 0.717) is 12.3 Å². The zero-order valence-electron chi connectivity index (χ0n) is 8.87. The smallest absolute Gasteiger partial charge is 0.306 e. The first-order valence-corrected chi connectivity index (χ1v) is 5.67. The molecule has 3 heteroatoms. The lowest BCUT2D eigenvalue weighted by molar-refractivity contribution is -0.142. The number of hydrogen-bond donors (Lipinski definition) is 0. The third-order valence-electron chi connectivity index (χ3n) is 3.29. The summed E-state index contributed by atoms with van der Waals surface area (Å²) in [4.78, 5) is 13.5. The van der Waals surface area contributed by atoms with Crippen LogP contribution in [0.4, 0.5) is 0 Å². The molecule has 0 amide bonds. The molecule has 3 nitrogen and oxygen atoms in total. The van der Waals surface area contributed by atoms with Gasteiger partial charge in [-0.15, -0.1) is 0 Å². The maximum absolute atomic E-state index is 11.1. The van der Waals surface area contributed by atoms with Crippen LogP contribution in [0.1, 0.15) is 32.6 Å². The molecule has 2 heterocycles. The maximum atomic E-state index is 11.1. The topological polar surface area (TPSA) is 29.5 Å². The summed E-state index contributed by atoms with van der Waals surface area (Å²) in [6.07, 6.45) is 4.72. The number of hydrogen-bond acceptors (Lipinski definition) is 3. The fraction of sp³-hybridized carbons (Fsp3) is 0.909. The Hall–Kier alpha value is -0.570. The van der Waals surface area contributed by atoms with Crippen LogP contribution in [0, 0.1) is 5.92 Å². The van der Waals surface area contributed by atoms with Gasteiger partial charge < -0.3 is 4.74 Å². The van der Waals surface area contributed by atoms with Gasteiger partial charge in [0.05, 0.1) is 6.42 Å². The van der Waals surface area contributed by atoms with E-state index in [1.54, 1.807) is 0 Å². The molecule has 0 aromatic heterocycles.